The molecule has 0 saturated heterocycles. The third kappa shape index (κ3) is 4.04. The molecule has 0 aliphatic rings. The predicted octanol–water partition coefficient (Wildman–Crippen LogP) is 2.35. The molecule has 1 amide bonds. The fourth-order valence-electron chi connectivity index (χ4n) is 4.20. The van der Waals surface area contributed by atoms with Gasteiger partial charge in [-0.05, 0) is 29.7 Å². The van der Waals surface area contributed by atoms with Crippen LogP contribution >= 0.6 is 0 Å². The minimum Gasteiger partial charge on any atom is -0.480 e. The number of para-hydroxylation sites is 2. The molecular formula is C24H26N4O3. The van der Waals surface area contributed by atoms with Crippen LogP contribution < -0.4 is 11.1 Å². The van der Waals surface area contributed by atoms with Gasteiger partial charge in [-0.15, -0.1) is 0 Å². The fraction of sp³-hybridized carbons (Fsp3) is 0.250. The average molecular weight is 418 g/mol. The van der Waals surface area contributed by atoms with Crippen molar-refractivity contribution in [2.75, 3.05) is 0 Å². The Hall–Kier alpha value is -3.58. The van der Waals surface area contributed by atoms with Crippen LogP contribution in [0, 0.1) is 0 Å². The van der Waals surface area contributed by atoms with Gasteiger partial charge in [0.05, 0.1) is 6.04 Å². The Morgan fingerprint density at radius 2 is 1.39 bits per heavy atom. The lowest BCUT2D eigenvalue weighted by Crippen LogP contribution is -2.50. The van der Waals surface area contributed by atoms with Crippen LogP contribution in [0.15, 0.2) is 60.9 Å². The molecule has 7 heteroatoms. The molecule has 0 radical (unpaired) electrons. The van der Waals surface area contributed by atoms with Crippen LogP contribution in [-0.2, 0) is 36.5 Å². The third-order valence-electron chi connectivity index (χ3n) is 5.77. The number of aromatic nitrogens is 2. The van der Waals surface area contributed by atoms with E-state index in [1.807, 2.05) is 84.2 Å². The summed E-state index contributed by atoms with van der Waals surface area (Å²) in [4.78, 5) is 24.6. The lowest BCUT2D eigenvalue weighted by molar-refractivity contribution is -0.141. The predicted molar refractivity (Wildman–Crippen MR) is 121 cm³/mol. The number of rotatable bonds is 7. The number of hydrogen-bond donors (Lipinski definition) is 3. The molecule has 2 heterocycles. The number of benzene rings is 2. The molecule has 2 atom stereocenters. The smallest absolute Gasteiger partial charge is 0.326 e. The van der Waals surface area contributed by atoms with Gasteiger partial charge in [-0.2, -0.15) is 0 Å². The summed E-state index contributed by atoms with van der Waals surface area (Å²) in [7, 11) is 3.86. The molecule has 0 bridgehead atoms. The number of carboxylic acid groups (broad SMARTS) is 1. The van der Waals surface area contributed by atoms with Crippen LogP contribution in [0.5, 0.6) is 0 Å². The molecule has 0 fully saturated rings. The van der Waals surface area contributed by atoms with Crippen molar-refractivity contribution in [3.8, 4) is 0 Å². The SMILES string of the molecule is Cn1cc(C[C@@H](N)C(=O)N[C@H](Cc2cn(C)c3ccccc23)C(=O)O)c2ccccc21. The molecule has 2 aromatic carbocycles. The number of amides is 1. The van der Waals surface area contributed by atoms with E-state index in [1.54, 1.807) is 0 Å². The Labute approximate surface area is 180 Å². The van der Waals surface area contributed by atoms with E-state index in [-0.39, 0.29) is 6.42 Å². The Balaban J connectivity index is 1.50. The lowest BCUT2D eigenvalue weighted by Gasteiger charge is -2.17. The Bertz CT molecular complexity index is 1270. The molecule has 160 valence electrons. The molecule has 0 spiro atoms. The fourth-order valence-corrected chi connectivity index (χ4v) is 4.20. The van der Waals surface area contributed by atoms with Gasteiger partial charge in [0.1, 0.15) is 6.04 Å². The Morgan fingerprint density at radius 1 is 0.903 bits per heavy atom. The van der Waals surface area contributed by atoms with E-state index in [2.05, 4.69) is 5.32 Å². The molecule has 4 aromatic rings. The summed E-state index contributed by atoms with van der Waals surface area (Å²) >= 11 is 0. The zero-order valence-electron chi connectivity index (χ0n) is 17.6. The summed E-state index contributed by atoms with van der Waals surface area (Å²) in [5, 5.41) is 14.4. The third-order valence-corrected chi connectivity index (χ3v) is 5.77. The van der Waals surface area contributed by atoms with Gasteiger partial charge >= 0.3 is 5.97 Å². The molecule has 7 nitrogen and oxygen atoms in total. The van der Waals surface area contributed by atoms with Crippen LogP contribution in [0.2, 0.25) is 0 Å². The van der Waals surface area contributed by atoms with Crippen LogP contribution in [0.3, 0.4) is 0 Å². The summed E-state index contributed by atoms with van der Waals surface area (Å²) in [6.07, 6.45) is 4.38. The van der Waals surface area contributed by atoms with Gasteiger partial charge in [-0.1, -0.05) is 36.4 Å². The molecule has 31 heavy (non-hydrogen) atoms. The van der Waals surface area contributed by atoms with Crippen LogP contribution in [0.4, 0.5) is 0 Å². The highest BCUT2D eigenvalue weighted by molar-refractivity contribution is 5.90. The van der Waals surface area contributed by atoms with E-state index in [4.69, 9.17) is 5.73 Å². The maximum absolute atomic E-state index is 12.8. The standard InChI is InChI=1S/C24H26N4O3/c1-27-13-15(17-7-3-5-9-21(17)27)11-19(25)23(29)26-20(24(30)31)12-16-14-28(2)22-10-6-4-8-18(16)22/h3-10,13-14,19-20H,11-12,25H2,1-2H3,(H,26,29)(H,30,31)/t19-,20-/m1/s1. The van der Waals surface area contributed by atoms with Crippen LogP contribution in [-0.4, -0.2) is 38.2 Å². The van der Waals surface area contributed by atoms with Crippen molar-refractivity contribution in [2.24, 2.45) is 19.8 Å². The zero-order valence-corrected chi connectivity index (χ0v) is 17.6. The van der Waals surface area contributed by atoms with E-state index in [0.29, 0.717) is 6.42 Å². The Kier molecular flexibility index (Phi) is 5.52. The van der Waals surface area contributed by atoms with Crippen molar-refractivity contribution in [1.82, 2.24) is 14.5 Å². The van der Waals surface area contributed by atoms with Gasteiger partial charge in [-0.3, -0.25) is 4.79 Å². The van der Waals surface area contributed by atoms with Gasteiger partial charge < -0.3 is 25.3 Å². The first kappa shape index (κ1) is 20.7. The first-order valence-electron chi connectivity index (χ1n) is 10.2. The van der Waals surface area contributed by atoms with Gasteiger partial charge in [0.15, 0.2) is 0 Å². The zero-order chi connectivity index (χ0) is 22.1. The lowest BCUT2D eigenvalue weighted by atomic mass is 10.0. The highest BCUT2D eigenvalue weighted by Gasteiger charge is 2.25. The first-order chi connectivity index (χ1) is 14.8. The van der Waals surface area contributed by atoms with Crippen LogP contribution in [0.1, 0.15) is 11.1 Å². The number of nitrogens with two attached hydrogens (primary N) is 1. The van der Waals surface area contributed by atoms with Gasteiger partial charge in [0.2, 0.25) is 5.91 Å². The number of aliphatic carboxylic acids is 1. The second kappa shape index (κ2) is 8.28. The number of hydrogen-bond acceptors (Lipinski definition) is 3. The molecule has 2 aromatic heterocycles. The monoisotopic (exact) mass is 418 g/mol. The first-order valence-corrected chi connectivity index (χ1v) is 10.2. The average Bonchev–Trinajstić information content (AvgIpc) is 3.24. The van der Waals surface area contributed by atoms with Crippen molar-refractivity contribution in [1.29, 1.82) is 0 Å². The van der Waals surface area contributed by atoms with E-state index in [9.17, 15) is 14.7 Å². The maximum atomic E-state index is 12.8. The maximum Gasteiger partial charge on any atom is 0.326 e. The van der Waals surface area contributed by atoms with E-state index < -0.39 is 24.0 Å². The summed E-state index contributed by atoms with van der Waals surface area (Å²) in [6, 6.07) is 13.8. The van der Waals surface area contributed by atoms with Crippen molar-refractivity contribution in [3.63, 3.8) is 0 Å². The van der Waals surface area contributed by atoms with E-state index in [0.717, 1.165) is 32.9 Å². The largest absolute Gasteiger partial charge is 0.480 e. The molecule has 4 rings (SSSR count). The van der Waals surface area contributed by atoms with Crippen molar-refractivity contribution >= 4 is 33.7 Å². The molecule has 0 aliphatic heterocycles. The number of aryl methyl sites for hydroxylation is 2. The summed E-state index contributed by atoms with van der Waals surface area (Å²) < 4.78 is 3.95. The molecular weight excluding hydrogens is 392 g/mol. The summed E-state index contributed by atoms with van der Waals surface area (Å²) in [5.41, 5.74) is 10.1. The normalized spacial score (nSPS) is 13.4. The van der Waals surface area contributed by atoms with Crippen molar-refractivity contribution in [3.05, 3.63) is 72.1 Å². The topological polar surface area (TPSA) is 102 Å². The second-order valence-electron chi connectivity index (χ2n) is 7.98. The Morgan fingerprint density at radius 3 is 1.90 bits per heavy atom. The van der Waals surface area contributed by atoms with Crippen molar-refractivity contribution in [2.45, 2.75) is 24.9 Å². The number of nitrogens with zero attached hydrogens (tertiary/aromatic N) is 2. The minimum absolute atomic E-state index is 0.184. The van der Waals surface area contributed by atoms with Gasteiger partial charge in [-0.25, -0.2) is 4.79 Å². The molecule has 0 aliphatic carbocycles. The highest BCUT2D eigenvalue weighted by Crippen LogP contribution is 2.23. The second-order valence-corrected chi connectivity index (χ2v) is 7.98. The van der Waals surface area contributed by atoms with E-state index in [1.165, 1.54) is 0 Å². The molecule has 4 N–H and O–H groups in total. The van der Waals surface area contributed by atoms with E-state index >= 15 is 0 Å². The number of nitrogens with one attached hydrogen (secondary N) is 1. The molecule has 0 saturated carbocycles. The van der Waals surface area contributed by atoms with Gasteiger partial charge in [0, 0.05) is 54.7 Å². The number of carbonyl (C=O) groups excluding carboxylic acids is 1. The highest BCUT2D eigenvalue weighted by atomic mass is 16.4. The number of carbonyl (C=O) groups is 2. The minimum atomic E-state index is -1.08. The summed E-state index contributed by atoms with van der Waals surface area (Å²) in [6.45, 7) is 0. The summed E-state index contributed by atoms with van der Waals surface area (Å²) in [5.74, 6) is -1.56. The number of fused-ring (bicyclic) bond motifs is 2. The quantitative estimate of drug-likeness (QED) is 0.429. The molecule has 0 unspecified atom stereocenters. The van der Waals surface area contributed by atoms with Gasteiger partial charge in [0.25, 0.3) is 0 Å². The van der Waals surface area contributed by atoms with Crippen LogP contribution in [0.25, 0.3) is 21.8 Å². The number of carboxylic acids is 1. The van der Waals surface area contributed by atoms with Crippen molar-refractivity contribution < 1.29 is 14.7 Å².